The summed E-state index contributed by atoms with van der Waals surface area (Å²) in [5, 5.41) is 3.56. The van der Waals surface area contributed by atoms with Crippen LogP contribution in [0.15, 0.2) is 23.7 Å². The second-order valence-corrected chi connectivity index (χ2v) is 6.69. The lowest BCUT2D eigenvalue weighted by atomic mass is 9.93. The molecule has 0 aromatic carbocycles. The average Bonchev–Trinajstić information content (AvgIpc) is 2.97. The van der Waals surface area contributed by atoms with Crippen molar-refractivity contribution in [3.63, 3.8) is 0 Å². The highest BCUT2D eigenvalue weighted by molar-refractivity contribution is 5.80. The number of nitrogens with zero attached hydrogens (tertiary/aromatic N) is 4. The van der Waals surface area contributed by atoms with Crippen molar-refractivity contribution in [2.75, 3.05) is 26.7 Å². The predicted octanol–water partition coefficient (Wildman–Crippen LogP) is 2.00. The summed E-state index contributed by atoms with van der Waals surface area (Å²) in [6.45, 7) is 7.83. The van der Waals surface area contributed by atoms with Gasteiger partial charge in [0.1, 0.15) is 0 Å². The fourth-order valence-corrected chi connectivity index (χ4v) is 3.33. The molecule has 0 bridgehead atoms. The summed E-state index contributed by atoms with van der Waals surface area (Å²) in [5.41, 5.74) is 0. The average molecular weight is 289 g/mol. The minimum absolute atomic E-state index is 0.486. The molecule has 2 aliphatic rings. The number of piperidine rings is 1. The van der Waals surface area contributed by atoms with Crippen molar-refractivity contribution in [3.8, 4) is 0 Å². The van der Waals surface area contributed by atoms with Crippen LogP contribution < -0.4 is 5.32 Å². The summed E-state index contributed by atoms with van der Waals surface area (Å²) in [7, 11) is 1.89. The molecule has 3 rings (SSSR count). The van der Waals surface area contributed by atoms with Crippen molar-refractivity contribution in [1.29, 1.82) is 0 Å². The molecular formula is C16H27N5. The summed E-state index contributed by atoms with van der Waals surface area (Å²) < 4.78 is 2.24. The SMILES string of the molecule is CN=C(NCC1CC1C)N1CCC(C)C(n2ccnc2)C1. The summed E-state index contributed by atoms with van der Waals surface area (Å²) in [6.07, 6.45) is 8.44. The number of hydrogen-bond acceptors (Lipinski definition) is 2. The van der Waals surface area contributed by atoms with E-state index in [9.17, 15) is 0 Å². The van der Waals surface area contributed by atoms with Gasteiger partial charge in [0.25, 0.3) is 0 Å². The van der Waals surface area contributed by atoms with Crippen LogP contribution in [0.1, 0.15) is 32.7 Å². The second kappa shape index (κ2) is 6.08. The number of likely N-dealkylation sites (tertiary alicyclic amines) is 1. The molecule has 1 aliphatic carbocycles. The summed E-state index contributed by atoms with van der Waals surface area (Å²) in [5.74, 6) is 3.47. The molecule has 2 heterocycles. The van der Waals surface area contributed by atoms with E-state index in [-0.39, 0.29) is 0 Å². The molecule has 0 spiro atoms. The normalized spacial score (nSPS) is 33.1. The molecule has 5 heteroatoms. The maximum Gasteiger partial charge on any atom is 0.193 e. The van der Waals surface area contributed by atoms with Crippen LogP contribution in [0.2, 0.25) is 0 Å². The van der Waals surface area contributed by atoms with Gasteiger partial charge in [-0.1, -0.05) is 13.8 Å². The lowest BCUT2D eigenvalue weighted by molar-refractivity contribution is 0.189. The second-order valence-electron chi connectivity index (χ2n) is 6.69. The number of aromatic nitrogens is 2. The Balaban J connectivity index is 1.61. The minimum atomic E-state index is 0.486. The van der Waals surface area contributed by atoms with E-state index < -0.39 is 0 Å². The number of guanidine groups is 1. The van der Waals surface area contributed by atoms with Crippen LogP contribution in [-0.4, -0.2) is 47.1 Å². The number of imidazole rings is 1. The largest absolute Gasteiger partial charge is 0.356 e. The van der Waals surface area contributed by atoms with Crippen LogP contribution in [0, 0.1) is 17.8 Å². The zero-order valence-electron chi connectivity index (χ0n) is 13.4. The monoisotopic (exact) mass is 289 g/mol. The smallest absolute Gasteiger partial charge is 0.193 e. The number of hydrogen-bond donors (Lipinski definition) is 1. The summed E-state index contributed by atoms with van der Waals surface area (Å²) in [4.78, 5) is 11.1. The Kier molecular flexibility index (Phi) is 4.17. The zero-order chi connectivity index (χ0) is 14.8. The molecule has 1 saturated carbocycles. The highest BCUT2D eigenvalue weighted by atomic mass is 15.3. The van der Waals surface area contributed by atoms with Gasteiger partial charge < -0.3 is 14.8 Å². The van der Waals surface area contributed by atoms with Gasteiger partial charge in [0.05, 0.1) is 12.4 Å². The highest BCUT2D eigenvalue weighted by Gasteiger charge is 2.33. The topological polar surface area (TPSA) is 45.5 Å². The molecule has 1 saturated heterocycles. The van der Waals surface area contributed by atoms with E-state index in [2.05, 4.69) is 44.8 Å². The van der Waals surface area contributed by atoms with Crippen LogP contribution in [0.4, 0.5) is 0 Å². The van der Waals surface area contributed by atoms with Crippen LogP contribution in [0.25, 0.3) is 0 Å². The highest BCUT2D eigenvalue weighted by Crippen LogP contribution is 2.36. The first kappa shape index (κ1) is 14.4. The maximum absolute atomic E-state index is 4.48. The van der Waals surface area contributed by atoms with Crippen molar-refractivity contribution < 1.29 is 0 Å². The Morgan fingerprint density at radius 2 is 2.19 bits per heavy atom. The van der Waals surface area contributed by atoms with Gasteiger partial charge in [0, 0.05) is 39.1 Å². The molecule has 116 valence electrons. The van der Waals surface area contributed by atoms with Crippen LogP contribution >= 0.6 is 0 Å². The Bertz CT molecular complexity index is 481. The van der Waals surface area contributed by atoms with E-state index in [1.807, 2.05) is 19.6 Å². The number of aliphatic imine (C=N–C) groups is 1. The molecule has 1 aromatic heterocycles. The van der Waals surface area contributed by atoms with Crippen LogP contribution in [0.3, 0.4) is 0 Å². The number of rotatable bonds is 3. The Morgan fingerprint density at radius 3 is 2.81 bits per heavy atom. The van der Waals surface area contributed by atoms with E-state index in [4.69, 9.17) is 0 Å². The van der Waals surface area contributed by atoms with E-state index in [0.717, 1.165) is 37.4 Å². The summed E-state index contributed by atoms with van der Waals surface area (Å²) >= 11 is 0. The molecule has 0 amide bonds. The first-order valence-electron chi connectivity index (χ1n) is 8.12. The van der Waals surface area contributed by atoms with E-state index in [0.29, 0.717) is 12.0 Å². The van der Waals surface area contributed by atoms with Crippen LogP contribution in [0.5, 0.6) is 0 Å². The molecular weight excluding hydrogens is 262 g/mol. The third-order valence-electron chi connectivity index (χ3n) is 5.14. The fourth-order valence-electron chi connectivity index (χ4n) is 3.33. The minimum Gasteiger partial charge on any atom is -0.356 e. The number of nitrogens with one attached hydrogen (secondary N) is 1. The molecule has 21 heavy (non-hydrogen) atoms. The van der Waals surface area contributed by atoms with Gasteiger partial charge in [-0.2, -0.15) is 0 Å². The quantitative estimate of drug-likeness (QED) is 0.684. The molecule has 0 radical (unpaired) electrons. The third kappa shape index (κ3) is 3.22. The van der Waals surface area contributed by atoms with Crippen molar-refractivity contribution >= 4 is 5.96 Å². The van der Waals surface area contributed by atoms with Gasteiger partial charge in [0.2, 0.25) is 0 Å². The van der Waals surface area contributed by atoms with Gasteiger partial charge in [-0.3, -0.25) is 4.99 Å². The molecule has 2 fully saturated rings. The molecule has 4 unspecified atom stereocenters. The Morgan fingerprint density at radius 1 is 1.38 bits per heavy atom. The Labute approximate surface area is 127 Å². The van der Waals surface area contributed by atoms with Gasteiger partial charge in [-0.15, -0.1) is 0 Å². The molecule has 5 nitrogen and oxygen atoms in total. The van der Waals surface area contributed by atoms with E-state index >= 15 is 0 Å². The fraction of sp³-hybridized carbons (Fsp3) is 0.750. The molecule has 1 N–H and O–H groups in total. The van der Waals surface area contributed by atoms with E-state index in [1.54, 1.807) is 0 Å². The van der Waals surface area contributed by atoms with Gasteiger partial charge in [0.15, 0.2) is 5.96 Å². The van der Waals surface area contributed by atoms with Gasteiger partial charge >= 0.3 is 0 Å². The van der Waals surface area contributed by atoms with Crippen molar-refractivity contribution in [3.05, 3.63) is 18.7 Å². The zero-order valence-corrected chi connectivity index (χ0v) is 13.4. The maximum atomic E-state index is 4.48. The van der Waals surface area contributed by atoms with E-state index in [1.165, 1.54) is 12.8 Å². The lowest BCUT2D eigenvalue weighted by Crippen LogP contribution is -2.49. The predicted molar refractivity (Wildman–Crippen MR) is 85.3 cm³/mol. The molecule has 1 aromatic rings. The lowest BCUT2D eigenvalue weighted by Gasteiger charge is -2.39. The van der Waals surface area contributed by atoms with Gasteiger partial charge in [-0.25, -0.2) is 4.98 Å². The van der Waals surface area contributed by atoms with Crippen LogP contribution in [-0.2, 0) is 0 Å². The first-order valence-corrected chi connectivity index (χ1v) is 8.12. The molecule has 4 atom stereocenters. The summed E-state index contributed by atoms with van der Waals surface area (Å²) in [6, 6.07) is 0.486. The van der Waals surface area contributed by atoms with Crippen molar-refractivity contribution in [2.24, 2.45) is 22.7 Å². The Hall–Kier alpha value is -1.52. The van der Waals surface area contributed by atoms with Crippen molar-refractivity contribution in [2.45, 2.75) is 32.7 Å². The third-order valence-corrected chi connectivity index (χ3v) is 5.14. The molecule has 1 aliphatic heterocycles. The van der Waals surface area contributed by atoms with Crippen molar-refractivity contribution in [1.82, 2.24) is 19.8 Å². The first-order chi connectivity index (χ1) is 10.2. The standard InChI is InChI=1S/C16H27N5/c1-12-4-6-20(10-15(12)21-7-5-18-11-21)16(17-3)19-9-14-8-13(14)2/h5,7,11-15H,4,6,8-10H2,1-3H3,(H,17,19). The van der Waals surface area contributed by atoms with Gasteiger partial charge in [-0.05, 0) is 30.6 Å².